The number of hydrogen-bond acceptors (Lipinski definition) is 0. The van der Waals surface area contributed by atoms with E-state index in [9.17, 15) is 0 Å². The number of nitrogens with zero attached hydrogens (tertiary/aromatic N) is 2. The van der Waals surface area contributed by atoms with Gasteiger partial charge in [-0.25, -0.2) is 0 Å². The van der Waals surface area contributed by atoms with Crippen LogP contribution in [0.4, 0.5) is 0 Å². The maximum Gasteiger partial charge on any atom is 0.0709 e. The molecule has 2 radical (unpaired) electrons. The van der Waals surface area contributed by atoms with Gasteiger partial charge in [0.2, 0.25) is 0 Å². The Labute approximate surface area is 243 Å². The summed E-state index contributed by atoms with van der Waals surface area (Å²) in [7, 11) is 7.17. The summed E-state index contributed by atoms with van der Waals surface area (Å²) in [5.41, 5.74) is 9.70. The summed E-state index contributed by atoms with van der Waals surface area (Å²) < 4.78 is 4.72. The van der Waals surface area contributed by atoms with Crippen LogP contribution >= 0.6 is 9.24 Å². The molecule has 194 valence electrons. The molecular formula is C37H28BN2P. The predicted octanol–water partition coefficient (Wildman–Crippen LogP) is 9.54. The van der Waals surface area contributed by atoms with Gasteiger partial charge in [-0.1, -0.05) is 103 Å². The van der Waals surface area contributed by atoms with Crippen LogP contribution < -0.4 is 0 Å². The van der Waals surface area contributed by atoms with Gasteiger partial charge in [0.1, 0.15) is 0 Å². The van der Waals surface area contributed by atoms with Crippen molar-refractivity contribution in [2.45, 2.75) is 0 Å². The quantitative estimate of drug-likeness (QED) is 0.155. The minimum atomic E-state index is 0.667. The van der Waals surface area contributed by atoms with Gasteiger partial charge in [0.15, 0.2) is 0 Å². The highest BCUT2D eigenvalue weighted by molar-refractivity contribution is 7.19. The summed E-state index contributed by atoms with van der Waals surface area (Å²) in [6.07, 6.45) is 0. The molecule has 6 aromatic carbocycles. The van der Waals surface area contributed by atoms with Crippen LogP contribution in [0.25, 0.3) is 66.1 Å². The first-order valence-electron chi connectivity index (χ1n) is 13.9. The molecule has 0 fully saturated rings. The normalized spacial score (nSPS) is 11.2. The Bertz CT molecular complexity index is 1880. The van der Waals surface area contributed by atoms with Crippen molar-refractivity contribution in [2.24, 2.45) is 0 Å². The Morgan fingerprint density at radius 1 is 0.390 bits per heavy atom. The van der Waals surface area contributed by atoms with E-state index in [2.05, 4.69) is 164 Å². The second kappa shape index (κ2) is 10.8. The molecule has 0 saturated carbocycles. The zero-order chi connectivity index (χ0) is 27.8. The van der Waals surface area contributed by atoms with Crippen molar-refractivity contribution in [3.8, 4) is 22.5 Å². The van der Waals surface area contributed by atoms with E-state index in [4.69, 9.17) is 7.85 Å². The highest BCUT2D eigenvalue weighted by atomic mass is 31.0. The molecule has 0 amide bonds. The molecule has 0 saturated heterocycles. The van der Waals surface area contributed by atoms with E-state index in [1.54, 1.807) is 0 Å². The molecule has 0 N–H and O–H groups in total. The Morgan fingerprint density at radius 3 is 0.902 bits per heavy atom. The highest BCUT2D eigenvalue weighted by Crippen LogP contribution is 2.34. The van der Waals surface area contributed by atoms with E-state index >= 15 is 0 Å². The lowest BCUT2D eigenvalue weighted by molar-refractivity contribution is 1.18. The first kappa shape index (κ1) is 25.4. The fourth-order valence-corrected chi connectivity index (χ4v) is 6.01. The van der Waals surface area contributed by atoms with Gasteiger partial charge in [-0.15, -0.1) is 9.24 Å². The highest BCUT2D eigenvalue weighted by Gasteiger charge is 2.13. The van der Waals surface area contributed by atoms with Gasteiger partial charge >= 0.3 is 0 Å². The summed E-state index contributed by atoms with van der Waals surface area (Å²) in [4.78, 5) is 0. The molecule has 0 bridgehead atoms. The van der Waals surface area contributed by atoms with Crippen LogP contribution in [-0.2, 0) is 0 Å². The number of fused-ring (bicyclic) bond motifs is 6. The third-order valence-corrected chi connectivity index (χ3v) is 7.74. The summed E-state index contributed by atoms with van der Waals surface area (Å²) in [5, 5.41) is 5.14. The molecule has 0 aliphatic rings. The molecule has 0 aliphatic heterocycles. The van der Waals surface area contributed by atoms with E-state index in [0.29, 0.717) is 6.06 Å². The molecule has 41 heavy (non-hydrogen) atoms. The largest absolute Gasteiger partial charge is 0.309 e. The van der Waals surface area contributed by atoms with Crippen LogP contribution in [-0.4, -0.2) is 23.0 Å². The third kappa shape index (κ3) is 4.34. The molecule has 2 heterocycles. The van der Waals surface area contributed by atoms with Crippen molar-refractivity contribution >= 4 is 60.7 Å². The number of para-hydroxylation sites is 4. The average molecular weight is 542 g/mol. The van der Waals surface area contributed by atoms with E-state index in [-0.39, 0.29) is 0 Å². The summed E-state index contributed by atoms with van der Waals surface area (Å²) >= 11 is 0. The second-order valence-corrected chi connectivity index (χ2v) is 10.5. The van der Waals surface area contributed by atoms with Crippen molar-refractivity contribution in [1.82, 2.24) is 9.13 Å². The standard InChI is InChI=1S/C36H24N2.CH4BP/c1-5-13-33-29(9-1)30-10-2-6-14-34(30)37(33)27-21-17-25(18-22-27)26-19-23-28(24-20-26)38-35-15-7-3-11-31(35)32-12-4-8-16-36(32)38;2-1-3/h1-24H;1,3H2. The lowest BCUT2D eigenvalue weighted by Gasteiger charge is -2.11. The van der Waals surface area contributed by atoms with Crippen LogP contribution in [0, 0.1) is 0 Å². The zero-order valence-corrected chi connectivity index (χ0v) is 23.8. The van der Waals surface area contributed by atoms with E-state index in [1.165, 1.54) is 66.1 Å². The van der Waals surface area contributed by atoms with Gasteiger partial charge in [-0.3, -0.25) is 0 Å². The lowest BCUT2D eigenvalue weighted by Crippen LogP contribution is -1.94. The molecule has 4 heteroatoms. The Balaban J connectivity index is 0.000000884. The maximum absolute atomic E-state index is 4.81. The van der Waals surface area contributed by atoms with Gasteiger partial charge in [-0.2, -0.15) is 0 Å². The molecule has 0 aliphatic carbocycles. The Hall–Kier alpha value is -4.59. The van der Waals surface area contributed by atoms with Gasteiger partial charge < -0.3 is 9.13 Å². The topological polar surface area (TPSA) is 9.86 Å². The smallest absolute Gasteiger partial charge is 0.0709 e. The van der Waals surface area contributed by atoms with Gasteiger partial charge in [0.05, 0.1) is 29.9 Å². The lowest BCUT2D eigenvalue weighted by atomic mass is 10.0. The monoisotopic (exact) mass is 542 g/mol. The van der Waals surface area contributed by atoms with Crippen LogP contribution in [0.2, 0.25) is 0 Å². The van der Waals surface area contributed by atoms with Crippen LogP contribution in [0.3, 0.4) is 0 Å². The molecule has 2 aromatic heterocycles. The zero-order valence-electron chi connectivity index (χ0n) is 22.6. The van der Waals surface area contributed by atoms with Crippen LogP contribution in [0.5, 0.6) is 0 Å². The molecule has 1 atom stereocenters. The first-order chi connectivity index (χ1) is 20.3. The SMILES string of the molecule is [B]CP.c1ccc2c(c1)c1ccccc1n2-c1ccc(-c2ccc(-n3c4ccccc4c4ccccc43)cc2)cc1. The Morgan fingerprint density at radius 2 is 0.634 bits per heavy atom. The number of aromatic nitrogens is 2. The second-order valence-electron chi connectivity index (χ2n) is 10.1. The maximum atomic E-state index is 4.81. The van der Waals surface area contributed by atoms with E-state index < -0.39 is 0 Å². The van der Waals surface area contributed by atoms with Crippen molar-refractivity contribution in [2.75, 3.05) is 6.06 Å². The molecule has 8 rings (SSSR count). The molecular weight excluding hydrogens is 514 g/mol. The fourth-order valence-electron chi connectivity index (χ4n) is 6.01. The number of benzene rings is 6. The predicted molar refractivity (Wildman–Crippen MR) is 181 cm³/mol. The van der Waals surface area contributed by atoms with Crippen molar-refractivity contribution in [3.05, 3.63) is 146 Å². The number of hydrogen-bond donors (Lipinski definition) is 0. The molecule has 1 unspecified atom stereocenters. The molecule has 0 spiro atoms. The van der Waals surface area contributed by atoms with Gasteiger partial charge in [0.25, 0.3) is 0 Å². The minimum Gasteiger partial charge on any atom is -0.309 e. The van der Waals surface area contributed by atoms with Crippen molar-refractivity contribution in [3.63, 3.8) is 0 Å². The van der Waals surface area contributed by atoms with E-state index in [1.807, 2.05) is 0 Å². The van der Waals surface area contributed by atoms with Gasteiger partial charge in [-0.05, 0) is 59.7 Å². The number of rotatable bonds is 3. The first-order valence-corrected chi connectivity index (χ1v) is 14.7. The van der Waals surface area contributed by atoms with Crippen molar-refractivity contribution < 1.29 is 0 Å². The summed E-state index contributed by atoms with van der Waals surface area (Å²) in [6.45, 7) is 0. The molecule has 2 nitrogen and oxygen atoms in total. The van der Waals surface area contributed by atoms with Crippen molar-refractivity contribution in [1.29, 1.82) is 0 Å². The summed E-state index contributed by atoms with van der Waals surface area (Å²) in [5.74, 6) is 0. The average Bonchev–Trinajstić information content (AvgIpc) is 3.55. The minimum absolute atomic E-state index is 0.667. The van der Waals surface area contributed by atoms with E-state index in [0.717, 1.165) is 0 Å². The Kier molecular flexibility index (Phi) is 6.67. The van der Waals surface area contributed by atoms with Crippen LogP contribution in [0.15, 0.2) is 146 Å². The summed E-state index contributed by atoms with van der Waals surface area (Å²) in [6, 6.07) is 53.1. The third-order valence-electron chi connectivity index (χ3n) is 7.74. The fraction of sp³-hybridized carbons (Fsp3) is 0.0270. The van der Waals surface area contributed by atoms with Gasteiger partial charge in [0, 0.05) is 32.9 Å². The van der Waals surface area contributed by atoms with Crippen LogP contribution in [0.1, 0.15) is 0 Å². The molecule has 8 aromatic rings.